The molecule has 0 N–H and O–H groups in total. The van der Waals surface area contributed by atoms with Crippen LogP contribution >= 0.6 is 0 Å². The van der Waals surface area contributed by atoms with E-state index < -0.39 is 8.32 Å². The summed E-state index contributed by atoms with van der Waals surface area (Å²) < 4.78 is 12.0. The summed E-state index contributed by atoms with van der Waals surface area (Å²) in [6, 6.07) is 10.1. The number of rotatable bonds is 7. The maximum Gasteiger partial charge on any atom is 0.183 e. The van der Waals surface area contributed by atoms with E-state index in [1.165, 1.54) is 0 Å². The first-order valence-corrected chi connectivity index (χ1v) is 11.7. The molecule has 0 saturated heterocycles. The molecule has 2 atom stereocenters. The third-order valence-corrected chi connectivity index (χ3v) is 5.08. The molecule has 2 unspecified atom stereocenters. The fourth-order valence-corrected chi connectivity index (χ4v) is 3.64. The van der Waals surface area contributed by atoms with Crippen LogP contribution in [0, 0.1) is 5.92 Å². The minimum atomic E-state index is -1.51. The van der Waals surface area contributed by atoms with Gasteiger partial charge in [-0.15, -0.1) is 0 Å². The van der Waals surface area contributed by atoms with Crippen LogP contribution in [0.5, 0.6) is 0 Å². The Kier molecular flexibility index (Phi) is 6.35. The summed E-state index contributed by atoms with van der Waals surface area (Å²) in [6.07, 6.45) is 3.65. The predicted octanol–water partition coefficient (Wildman–Crippen LogP) is 4.36. The Hall–Kier alpha value is -0.973. The average Bonchev–Trinajstić information content (AvgIpc) is 2.48. The molecule has 0 spiro atoms. The first kappa shape index (κ1) is 17.4. The second-order valence-electron chi connectivity index (χ2n) is 6.98. The number of benzene rings is 1. The highest BCUT2D eigenvalue weighted by Gasteiger charge is 2.32. The van der Waals surface area contributed by atoms with Crippen LogP contribution in [-0.4, -0.2) is 27.3 Å². The second kappa shape index (κ2) is 8.04. The van der Waals surface area contributed by atoms with Crippen molar-refractivity contribution in [2.75, 3.05) is 13.2 Å². The summed E-state index contributed by atoms with van der Waals surface area (Å²) in [5.41, 5.74) is 1.11. The molecule has 0 bridgehead atoms. The van der Waals surface area contributed by atoms with E-state index in [1.54, 1.807) is 0 Å². The van der Waals surface area contributed by atoms with Crippen LogP contribution in [0.3, 0.4) is 0 Å². The van der Waals surface area contributed by atoms with Crippen molar-refractivity contribution in [3.63, 3.8) is 0 Å². The van der Waals surface area contributed by atoms with Crippen LogP contribution in [0.25, 0.3) is 0 Å². The quantitative estimate of drug-likeness (QED) is 0.553. The lowest BCUT2D eigenvalue weighted by molar-refractivity contribution is -0.131. The van der Waals surface area contributed by atoms with Crippen molar-refractivity contribution in [2.24, 2.45) is 5.92 Å². The average molecular weight is 321 g/mol. The molecule has 22 heavy (non-hydrogen) atoms. The monoisotopic (exact) mass is 320 g/mol. The lowest BCUT2D eigenvalue weighted by Gasteiger charge is -2.30. The van der Waals surface area contributed by atoms with Crippen LogP contribution in [0.2, 0.25) is 19.6 Å². The van der Waals surface area contributed by atoms with Gasteiger partial charge in [0.15, 0.2) is 8.32 Å². The van der Waals surface area contributed by atoms with Gasteiger partial charge < -0.3 is 9.16 Å². The fourth-order valence-electron chi connectivity index (χ4n) is 2.94. The van der Waals surface area contributed by atoms with Gasteiger partial charge in [-0.1, -0.05) is 36.8 Å². The van der Waals surface area contributed by atoms with Gasteiger partial charge in [-0.3, -0.25) is 4.79 Å². The number of Topliss-reactive ketones (excluding diaryl/α,β-unsaturated/α-hetero) is 1. The van der Waals surface area contributed by atoms with Gasteiger partial charge in [0.2, 0.25) is 0 Å². The van der Waals surface area contributed by atoms with E-state index in [9.17, 15) is 4.79 Å². The molecular weight excluding hydrogens is 292 g/mol. The molecule has 0 aromatic heterocycles. The van der Waals surface area contributed by atoms with Gasteiger partial charge in [0, 0.05) is 12.3 Å². The number of carbonyl (C=O) groups is 1. The normalized spacial score (nSPS) is 20.9. The summed E-state index contributed by atoms with van der Waals surface area (Å²) >= 11 is 0. The van der Waals surface area contributed by atoms with Crippen LogP contribution in [0.15, 0.2) is 30.3 Å². The Morgan fingerprint density at radius 2 is 1.86 bits per heavy atom. The molecule has 1 aliphatic carbocycles. The molecule has 0 aliphatic heterocycles. The highest BCUT2D eigenvalue weighted by molar-refractivity contribution is 6.69. The number of hydrogen-bond donors (Lipinski definition) is 0. The Labute approximate surface area is 135 Å². The standard InChI is InChI=1S/C18H28O3Si/c1-22(2,3)21-14-13-20-18(15-9-5-4-6-10-15)16-11-7-8-12-17(16)19/h4-6,9-10,16,18H,7-8,11-14H2,1-3H3. The van der Waals surface area contributed by atoms with Gasteiger partial charge in [-0.2, -0.15) is 0 Å². The zero-order valence-electron chi connectivity index (χ0n) is 14.0. The molecule has 0 radical (unpaired) electrons. The van der Waals surface area contributed by atoms with Crippen LogP contribution in [-0.2, 0) is 14.0 Å². The summed E-state index contributed by atoms with van der Waals surface area (Å²) in [7, 11) is -1.51. The van der Waals surface area contributed by atoms with Crippen molar-refractivity contribution in [1.29, 1.82) is 0 Å². The maximum atomic E-state index is 12.3. The molecule has 122 valence electrons. The SMILES string of the molecule is C[Si](C)(C)OCCOC(c1ccccc1)C1CCCCC1=O. The number of hydrogen-bond acceptors (Lipinski definition) is 3. The molecule has 1 aliphatic rings. The van der Waals surface area contributed by atoms with E-state index in [0.29, 0.717) is 25.4 Å². The first-order chi connectivity index (χ1) is 10.5. The summed E-state index contributed by atoms with van der Waals surface area (Å²) in [4.78, 5) is 12.3. The number of carbonyl (C=O) groups excluding carboxylic acids is 1. The largest absolute Gasteiger partial charge is 0.415 e. The molecule has 4 heteroatoms. The molecule has 2 rings (SSSR count). The van der Waals surface area contributed by atoms with Crippen molar-refractivity contribution in [1.82, 2.24) is 0 Å². The summed E-state index contributed by atoms with van der Waals surface area (Å²) in [5, 5.41) is 0. The molecule has 3 nitrogen and oxygen atoms in total. The summed E-state index contributed by atoms with van der Waals surface area (Å²) in [6.45, 7) is 7.68. The van der Waals surface area contributed by atoms with Crippen molar-refractivity contribution in [3.05, 3.63) is 35.9 Å². The second-order valence-corrected chi connectivity index (χ2v) is 11.5. The predicted molar refractivity (Wildman–Crippen MR) is 91.4 cm³/mol. The van der Waals surface area contributed by atoms with Gasteiger partial charge in [0.25, 0.3) is 0 Å². The molecule has 1 aromatic rings. The molecule has 1 fully saturated rings. The van der Waals surface area contributed by atoms with Crippen molar-refractivity contribution in [3.8, 4) is 0 Å². The Balaban J connectivity index is 2.01. The van der Waals surface area contributed by atoms with Crippen molar-refractivity contribution < 1.29 is 14.0 Å². The highest BCUT2D eigenvalue weighted by Crippen LogP contribution is 2.34. The minimum Gasteiger partial charge on any atom is -0.415 e. The lowest BCUT2D eigenvalue weighted by atomic mass is 9.81. The van der Waals surface area contributed by atoms with Gasteiger partial charge in [0.05, 0.1) is 19.3 Å². The van der Waals surface area contributed by atoms with Gasteiger partial charge in [0.1, 0.15) is 5.78 Å². The fraction of sp³-hybridized carbons (Fsp3) is 0.611. The third kappa shape index (κ3) is 5.34. The van der Waals surface area contributed by atoms with Gasteiger partial charge in [-0.25, -0.2) is 0 Å². The Bertz CT molecular complexity index is 467. The highest BCUT2D eigenvalue weighted by atomic mass is 28.4. The minimum absolute atomic E-state index is 0.00281. The van der Waals surface area contributed by atoms with E-state index in [2.05, 4.69) is 31.8 Å². The zero-order valence-corrected chi connectivity index (χ0v) is 15.0. The van der Waals surface area contributed by atoms with Crippen LogP contribution < -0.4 is 0 Å². The van der Waals surface area contributed by atoms with Gasteiger partial charge >= 0.3 is 0 Å². The van der Waals surface area contributed by atoms with E-state index in [4.69, 9.17) is 9.16 Å². The van der Waals surface area contributed by atoms with E-state index in [0.717, 1.165) is 24.8 Å². The zero-order chi connectivity index (χ0) is 16.0. The van der Waals surface area contributed by atoms with Crippen LogP contribution in [0.1, 0.15) is 37.4 Å². The number of ether oxygens (including phenoxy) is 1. The van der Waals surface area contributed by atoms with Crippen LogP contribution in [0.4, 0.5) is 0 Å². The molecule has 0 heterocycles. The molecular formula is C18H28O3Si. The Morgan fingerprint density at radius 3 is 2.50 bits per heavy atom. The van der Waals surface area contributed by atoms with E-state index in [-0.39, 0.29) is 12.0 Å². The smallest absolute Gasteiger partial charge is 0.183 e. The molecule has 1 aromatic carbocycles. The van der Waals surface area contributed by atoms with Crippen molar-refractivity contribution in [2.45, 2.75) is 51.4 Å². The number of ketones is 1. The van der Waals surface area contributed by atoms with E-state index >= 15 is 0 Å². The lowest BCUT2D eigenvalue weighted by Crippen LogP contribution is -2.30. The van der Waals surface area contributed by atoms with Crippen molar-refractivity contribution >= 4 is 14.1 Å². The maximum absolute atomic E-state index is 12.3. The molecule has 1 saturated carbocycles. The Morgan fingerprint density at radius 1 is 1.14 bits per heavy atom. The van der Waals surface area contributed by atoms with Gasteiger partial charge in [-0.05, 0) is 38.0 Å². The summed E-state index contributed by atoms with van der Waals surface area (Å²) in [5.74, 6) is 0.356. The topological polar surface area (TPSA) is 35.5 Å². The van der Waals surface area contributed by atoms with E-state index in [1.807, 2.05) is 18.2 Å². The third-order valence-electron chi connectivity index (χ3n) is 4.01. The first-order valence-electron chi connectivity index (χ1n) is 8.30. The molecule has 0 amide bonds.